The number of hydrogen-bond donors (Lipinski definition) is 0. The molecule has 0 radical (unpaired) electrons. The van der Waals surface area contributed by atoms with E-state index in [0.717, 1.165) is 66.3 Å². The second-order valence-corrected chi connectivity index (χ2v) is 14.2. The Balaban J connectivity index is 1.27. The third kappa shape index (κ3) is 5.33. The second-order valence-electron chi connectivity index (χ2n) is 14.2. The van der Waals surface area contributed by atoms with Gasteiger partial charge in [0.25, 0.3) is 11.8 Å². The van der Waals surface area contributed by atoms with E-state index < -0.39 is 11.8 Å². The van der Waals surface area contributed by atoms with Gasteiger partial charge in [-0.3, -0.25) is 9.59 Å². The van der Waals surface area contributed by atoms with Gasteiger partial charge >= 0.3 is 0 Å². The number of amides is 2. The zero-order valence-corrected chi connectivity index (χ0v) is 30.9. The number of carbonyl (C=O) groups excluding carboxylic acids is 2. The summed E-state index contributed by atoms with van der Waals surface area (Å²) >= 11 is 0. The van der Waals surface area contributed by atoms with Crippen LogP contribution in [0.5, 0.6) is 0 Å². The minimum Gasteiger partial charge on any atom is -0.307 e. The Labute approximate surface area is 334 Å². The van der Waals surface area contributed by atoms with E-state index >= 15 is 4.79 Å². The van der Waals surface area contributed by atoms with Crippen LogP contribution in [0.1, 0.15) is 31.8 Å². The molecule has 9 aromatic rings. The molecule has 0 atom stereocenters. The summed E-state index contributed by atoms with van der Waals surface area (Å²) in [6, 6.07) is 62.7. The number of fused-ring (bicyclic) bond motifs is 4. The summed E-state index contributed by atoms with van der Waals surface area (Å²) < 4.78 is 2.13. The van der Waals surface area contributed by atoms with Crippen molar-refractivity contribution < 1.29 is 9.59 Å². The van der Waals surface area contributed by atoms with Gasteiger partial charge < -0.3 is 4.57 Å². The molecule has 2 heterocycles. The molecule has 0 spiro atoms. The van der Waals surface area contributed by atoms with Crippen molar-refractivity contribution in [3.63, 3.8) is 0 Å². The molecular weight excluding hydrogens is 713 g/mol. The van der Waals surface area contributed by atoms with Crippen LogP contribution in [0.15, 0.2) is 182 Å². The number of nitriles is 2. The van der Waals surface area contributed by atoms with Gasteiger partial charge in [-0.2, -0.15) is 10.5 Å². The minimum absolute atomic E-state index is 0.303. The van der Waals surface area contributed by atoms with Crippen LogP contribution in [0.2, 0.25) is 0 Å². The fourth-order valence-electron chi connectivity index (χ4n) is 8.41. The summed E-state index contributed by atoms with van der Waals surface area (Å²) in [7, 11) is 0. The lowest BCUT2D eigenvalue weighted by atomic mass is 9.95. The van der Waals surface area contributed by atoms with Gasteiger partial charge in [0, 0.05) is 33.0 Å². The van der Waals surface area contributed by atoms with Crippen molar-refractivity contribution in [1.82, 2.24) is 4.57 Å². The molecule has 8 aromatic carbocycles. The fourth-order valence-corrected chi connectivity index (χ4v) is 8.41. The number of nitrogens with zero attached hydrogens (tertiary/aromatic N) is 4. The van der Waals surface area contributed by atoms with E-state index in [1.165, 1.54) is 4.90 Å². The fraction of sp³-hybridized carbons (Fsp3) is 0. The van der Waals surface area contributed by atoms with Crippen LogP contribution in [0.25, 0.3) is 72.0 Å². The van der Waals surface area contributed by atoms with Crippen molar-refractivity contribution in [2.24, 2.45) is 0 Å². The molecule has 0 N–H and O–H groups in total. The summed E-state index contributed by atoms with van der Waals surface area (Å²) in [6.07, 6.45) is 0. The van der Waals surface area contributed by atoms with Crippen molar-refractivity contribution >= 4 is 39.3 Å². The number of benzene rings is 8. The lowest BCUT2D eigenvalue weighted by Gasteiger charge is -2.23. The van der Waals surface area contributed by atoms with Crippen LogP contribution in [-0.2, 0) is 0 Å². The summed E-state index contributed by atoms with van der Waals surface area (Å²) in [5.41, 5.74) is 11.4. The molecule has 0 bridgehead atoms. The Bertz CT molecular complexity index is 3030. The molecule has 0 saturated carbocycles. The van der Waals surface area contributed by atoms with Crippen LogP contribution in [0.4, 0.5) is 5.69 Å². The number of anilines is 1. The maximum absolute atomic E-state index is 15.4. The molecule has 270 valence electrons. The Hall–Kier alpha value is -8.32. The Morgan fingerprint density at radius 3 is 1.28 bits per heavy atom. The van der Waals surface area contributed by atoms with Crippen molar-refractivity contribution in [1.29, 1.82) is 10.5 Å². The monoisotopic (exact) mass is 742 g/mol. The molecule has 0 unspecified atom stereocenters. The highest BCUT2D eigenvalue weighted by Crippen LogP contribution is 2.47. The van der Waals surface area contributed by atoms with Gasteiger partial charge in [-0.05, 0) is 58.7 Å². The van der Waals surface area contributed by atoms with Gasteiger partial charge in [-0.15, -0.1) is 0 Å². The molecule has 0 saturated heterocycles. The third-order valence-corrected chi connectivity index (χ3v) is 11.0. The predicted octanol–water partition coefficient (Wildman–Crippen LogP) is 12.0. The number of hydrogen-bond acceptors (Lipinski definition) is 4. The maximum atomic E-state index is 15.4. The van der Waals surface area contributed by atoms with Gasteiger partial charge in [-0.25, -0.2) is 4.90 Å². The maximum Gasteiger partial charge on any atom is 0.268 e. The average molecular weight is 743 g/mol. The van der Waals surface area contributed by atoms with E-state index in [1.807, 2.05) is 140 Å². The summed E-state index contributed by atoms with van der Waals surface area (Å²) in [6.45, 7) is 0. The molecule has 6 heteroatoms. The molecule has 6 nitrogen and oxygen atoms in total. The van der Waals surface area contributed by atoms with Crippen LogP contribution in [0.3, 0.4) is 0 Å². The van der Waals surface area contributed by atoms with Gasteiger partial charge in [0.05, 0.1) is 56.8 Å². The summed E-state index contributed by atoms with van der Waals surface area (Å²) in [5.74, 6) is -0.819. The van der Waals surface area contributed by atoms with Crippen molar-refractivity contribution in [3.05, 3.63) is 204 Å². The average Bonchev–Trinajstić information content (AvgIpc) is 3.77. The van der Waals surface area contributed by atoms with Crippen molar-refractivity contribution in [3.8, 4) is 62.3 Å². The van der Waals surface area contributed by atoms with E-state index in [0.29, 0.717) is 33.6 Å². The SMILES string of the molecule is N#Cc1ccc(-c2cccc3c4cccc(-c5ccc(C#N)cc5)c4n(-c4cccc5c4C(=O)N(c4c(-c6ccccc6)cccc4-c4ccccc4)C5=O)c23)cc1. The first kappa shape index (κ1) is 34.2. The third-order valence-electron chi connectivity index (χ3n) is 11.0. The zero-order valence-electron chi connectivity index (χ0n) is 30.9. The van der Waals surface area contributed by atoms with Crippen molar-refractivity contribution in [2.45, 2.75) is 0 Å². The number of rotatable bonds is 6. The van der Waals surface area contributed by atoms with Gasteiger partial charge in [0.2, 0.25) is 0 Å². The Kier molecular flexibility index (Phi) is 8.11. The number of imide groups is 1. The summed E-state index contributed by atoms with van der Waals surface area (Å²) in [5, 5.41) is 21.1. The van der Waals surface area contributed by atoms with Crippen LogP contribution in [0, 0.1) is 22.7 Å². The largest absolute Gasteiger partial charge is 0.307 e. The smallest absolute Gasteiger partial charge is 0.268 e. The molecule has 0 aliphatic carbocycles. The highest BCUT2D eigenvalue weighted by atomic mass is 16.2. The number of para-hydroxylation sites is 3. The molecule has 1 aliphatic rings. The van der Waals surface area contributed by atoms with E-state index in [1.54, 1.807) is 30.3 Å². The van der Waals surface area contributed by atoms with Gasteiger partial charge in [-0.1, -0.05) is 146 Å². The predicted molar refractivity (Wildman–Crippen MR) is 230 cm³/mol. The molecular formula is C52H30N4O2. The topological polar surface area (TPSA) is 89.9 Å². The van der Waals surface area contributed by atoms with Crippen molar-refractivity contribution in [2.75, 3.05) is 4.90 Å². The first-order valence-corrected chi connectivity index (χ1v) is 18.9. The normalized spacial score (nSPS) is 12.1. The molecule has 0 fully saturated rings. The van der Waals surface area contributed by atoms with Gasteiger partial charge in [0.15, 0.2) is 0 Å². The minimum atomic E-state index is -0.419. The lowest BCUT2D eigenvalue weighted by Crippen LogP contribution is -2.30. The lowest BCUT2D eigenvalue weighted by molar-refractivity contribution is 0.0926. The zero-order chi connectivity index (χ0) is 39.3. The van der Waals surface area contributed by atoms with Crippen LogP contribution < -0.4 is 4.90 Å². The van der Waals surface area contributed by atoms with Gasteiger partial charge in [0.1, 0.15) is 0 Å². The highest BCUT2D eigenvalue weighted by Gasteiger charge is 2.41. The first-order valence-electron chi connectivity index (χ1n) is 18.9. The molecule has 10 rings (SSSR count). The van der Waals surface area contributed by atoms with E-state index in [2.05, 4.69) is 28.8 Å². The van der Waals surface area contributed by atoms with Crippen LogP contribution in [-0.4, -0.2) is 16.4 Å². The number of carbonyl (C=O) groups is 2. The van der Waals surface area contributed by atoms with E-state index in [-0.39, 0.29) is 0 Å². The van der Waals surface area contributed by atoms with E-state index in [4.69, 9.17) is 0 Å². The summed E-state index contributed by atoms with van der Waals surface area (Å²) in [4.78, 5) is 31.8. The number of aromatic nitrogens is 1. The second kappa shape index (κ2) is 13.8. The molecule has 58 heavy (non-hydrogen) atoms. The molecule has 1 aliphatic heterocycles. The first-order chi connectivity index (χ1) is 28.6. The Morgan fingerprint density at radius 1 is 0.379 bits per heavy atom. The molecule has 2 amide bonds. The highest BCUT2D eigenvalue weighted by molar-refractivity contribution is 6.37. The molecule has 1 aromatic heterocycles. The van der Waals surface area contributed by atoms with E-state index in [9.17, 15) is 15.3 Å². The Morgan fingerprint density at radius 2 is 0.793 bits per heavy atom. The van der Waals surface area contributed by atoms with Crippen LogP contribution >= 0.6 is 0 Å². The standard InChI is InChI=1S/C52H30N4O2/c53-31-33-23-27-37(28-24-33)41-17-8-19-43-44-20-9-18-42(38-29-25-34(32-54)26-30-38)50(44)55(49(41)43)46-22-10-21-45-47(46)52(58)56(51(45)57)48-39(35-11-3-1-4-12-35)15-7-16-40(48)36-13-5-2-6-14-36/h1-30H. The quantitative estimate of drug-likeness (QED) is 0.159.